The molecule has 154 valence electrons. The standard InChI is InChI=1S/C21H24N2O4S2/c1-13(2)18(20(26)27)22-17(24)9-10-23-19(25)16(29-21(23)28)12-14(3)11-15-7-5-4-6-8-15/h4-8,11-13,18H,9-10H2,1-3H3,(H,22,24)(H,26,27). The number of nitrogens with zero attached hydrogens (tertiary/aromatic N) is 1. The first-order chi connectivity index (χ1) is 13.7. The van der Waals surface area contributed by atoms with Gasteiger partial charge in [-0.25, -0.2) is 4.79 Å². The number of nitrogens with one attached hydrogen (secondary N) is 1. The van der Waals surface area contributed by atoms with E-state index in [1.165, 1.54) is 16.7 Å². The average Bonchev–Trinajstić information content (AvgIpc) is 2.91. The van der Waals surface area contributed by atoms with Crippen LogP contribution in [-0.2, 0) is 14.4 Å². The highest BCUT2D eigenvalue weighted by molar-refractivity contribution is 8.26. The van der Waals surface area contributed by atoms with E-state index in [1.54, 1.807) is 19.9 Å². The summed E-state index contributed by atoms with van der Waals surface area (Å²) in [7, 11) is 0. The number of thiocarbonyl (C=S) groups is 1. The molecule has 0 radical (unpaired) electrons. The van der Waals surface area contributed by atoms with Crippen molar-refractivity contribution in [3.05, 3.63) is 52.4 Å². The SMILES string of the molecule is CC(=Cc1ccccc1)C=C1SC(=S)N(CCC(=O)NC(C(=O)O)C(C)C)C1=O. The lowest BCUT2D eigenvalue weighted by Crippen LogP contribution is -2.45. The first-order valence-electron chi connectivity index (χ1n) is 9.20. The molecule has 1 atom stereocenters. The molecule has 1 heterocycles. The van der Waals surface area contributed by atoms with Gasteiger partial charge in [-0.1, -0.05) is 74.2 Å². The van der Waals surface area contributed by atoms with E-state index < -0.39 is 17.9 Å². The third kappa shape index (κ3) is 6.54. The fourth-order valence-corrected chi connectivity index (χ4v) is 4.08. The molecule has 6 nitrogen and oxygen atoms in total. The molecule has 1 unspecified atom stereocenters. The van der Waals surface area contributed by atoms with E-state index in [2.05, 4.69) is 5.32 Å². The molecular weight excluding hydrogens is 408 g/mol. The van der Waals surface area contributed by atoms with Crippen molar-refractivity contribution in [1.82, 2.24) is 10.2 Å². The van der Waals surface area contributed by atoms with Crippen LogP contribution in [0, 0.1) is 5.92 Å². The van der Waals surface area contributed by atoms with Crippen LogP contribution in [0.25, 0.3) is 6.08 Å². The summed E-state index contributed by atoms with van der Waals surface area (Å²) < 4.78 is 0.389. The van der Waals surface area contributed by atoms with Crippen LogP contribution >= 0.6 is 24.0 Å². The number of hydrogen-bond acceptors (Lipinski definition) is 5. The molecule has 0 aliphatic carbocycles. The van der Waals surface area contributed by atoms with Gasteiger partial charge in [-0.15, -0.1) is 0 Å². The monoisotopic (exact) mass is 432 g/mol. The van der Waals surface area contributed by atoms with Crippen molar-refractivity contribution in [2.45, 2.75) is 33.2 Å². The lowest BCUT2D eigenvalue weighted by Gasteiger charge is -2.19. The van der Waals surface area contributed by atoms with Crippen molar-refractivity contribution in [3.63, 3.8) is 0 Å². The Labute approximate surface area is 180 Å². The summed E-state index contributed by atoms with van der Waals surface area (Å²) in [5.41, 5.74) is 1.95. The summed E-state index contributed by atoms with van der Waals surface area (Å²) in [6, 6.07) is 8.81. The molecule has 29 heavy (non-hydrogen) atoms. The van der Waals surface area contributed by atoms with Gasteiger partial charge >= 0.3 is 5.97 Å². The van der Waals surface area contributed by atoms with Gasteiger partial charge in [-0.2, -0.15) is 0 Å². The fourth-order valence-electron chi connectivity index (χ4n) is 2.73. The second kappa shape index (κ2) is 10.4. The number of rotatable bonds is 8. The molecule has 1 aliphatic heterocycles. The molecule has 1 saturated heterocycles. The summed E-state index contributed by atoms with van der Waals surface area (Å²) in [6.45, 7) is 5.46. The van der Waals surface area contributed by atoms with E-state index in [4.69, 9.17) is 17.3 Å². The second-order valence-electron chi connectivity index (χ2n) is 7.01. The first-order valence-corrected chi connectivity index (χ1v) is 10.4. The quantitative estimate of drug-likeness (QED) is 0.483. The summed E-state index contributed by atoms with van der Waals surface area (Å²) >= 11 is 6.48. The maximum absolute atomic E-state index is 12.7. The fraction of sp³-hybridized carbons (Fsp3) is 0.333. The van der Waals surface area contributed by atoms with Crippen molar-refractivity contribution >= 4 is 52.2 Å². The molecule has 8 heteroatoms. The van der Waals surface area contributed by atoms with Gasteiger partial charge in [-0.05, 0) is 30.1 Å². The Morgan fingerprint density at radius 3 is 2.52 bits per heavy atom. The minimum absolute atomic E-state index is 0.0188. The van der Waals surface area contributed by atoms with Crippen LogP contribution < -0.4 is 5.32 Å². The van der Waals surface area contributed by atoms with E-state index >= 15 is 0 Å². The zero-order valence-corrected chi connectivity index (χ0v) is 18.2. The Morgan fingerprint density at radius 1 is 1.28 bits per heavy atom. The second-order valence-corrected chi connectivity index (χ2v) is 8.69. The number of hydrogen-bond donors (Lipinski definition) is 2. The molecular formula is C21H24N2O4S2. The van der Waals surface area contributed by atoms with Crippen molar-refractivity contribution in [3.8, 4) is 0 Å². The van der Waals surface area contributed by atoms with Crippen LogP contribution in [0.1, 0.15) is 32.8 Å². The van der Waals surface area contributed by atoms with Gasteiger partial charge in [0.1, 0.15) is 10.4 Å². The van der Waals surface area contributed by atoms with Gasteiger partial charge < -0.3 is 10.4 Å². The first kappa shape index (κ1) is 22.8. The minimum atomic E-state index is -1.08. The summed E-state index contributed by atoms with van der Waals surface area (Å²) in [5.74, 6) is -1.99. The molecule has 2 rings (SSSR count). The van der Waals surface area contributed by atoms with Crippen LogP contribution in [-0.4, -0.2) is 44.7 Å². The number of carbonyl (C=O) groups excluding carboxylic acids is 2. The Bertz CT molecular complexity index is 863. The van der Waals surface area contributed by atoms with E-state index in [0.717, 1.165) is 11.1 Å². The molecule has 2 N–H and O–H groups in total. The molecule has 0 aromatic heterocycles. The summed E-state index contributed by atoms with van der Waals surface area (Å²) in [4.78, 5) is 37.8. The molecule has 1 fully saturated rings. The van der Waals surface area contributed by atoms with Gasteiger partial charge in [0.15, 0.2) is 0 Å². The molecule has 1 aromatic rings. The largest absolute Gasteiger partial charge is 0.480 e. The van der Waals surface area contributed by atoms with Crippen molar-refractivity contribution in [2.24, 2.45) is 5.92 Å². The van der Waals surface area contributed by atoms with Crippen LogP contribution in [0.5, 0.6) is 0 Å². The van der Waals surface area contributed by atoms with Crippen molar-refractivity contribution < 1.29 is 19.5 Å². The number of thioether (sulfide) groups is 1. The van der Waals surface area contributed by atoms with Gasteiger partial charge in [0.05, 0.1) is 4.91 Å². The number of carboxylic acid groups (broad SMARTS) is 1. The maximum Gasteiger partial charge on any atom is 0.326 e. The third-order valence-electron chi connectivity index (χ3n) is 4.24. The molecule has 1 aliphatic rings. The molecule has 1 aromatic carbocycles. The van der Waals surface area contributed by atoms with E-state index in [1.807, 2.05) is 43.3 Å². The molecule has 0 spiro atoms. The van der Waals surface area contributed by atoms with Crippen LogP contribution in [0.15, 0.2) is 46.9 Å². The zero-order valence-electron chi connectivity index (χ0n) is 16.5. The van der Waals surface area contributed by atoms with Gasteiger partial charge in [0.2, 0.25) is 5.91 Å². The average molecular weight is 433 g/mol. The molecule has 0 bridgehead atoms. The number of amides is 2. The highest BCUT2D eigenvalue weighted by atomic mass is 32.2. The number of allylic oxidation sites excluding steroid dienone is 2. The Kier molecular flexibility index (Phi) is 8.16. The van der Waals surface area contributed by atoms with E-state index in [0.29, 0.717) is 9.23 Å². The lowest BCUT2D eigenvalue weighted by molar-refractivity contribution is -0.143. The summed E-state index contributed by atoms with van der Waals surface area (Å²) in [6.07, 6.45) is 3.73. The zero-order chi connectivity index (χ0) is 21.6. The van der Waals surface area contributed by atoms with Gasteiger partial charge in [0.25, 0.3) is 5.91 Å². The van der Waals surface area contributed by atoms with Crippen LogP contribution in [0.4, 0.5) is 0 Å². The third-order valence-corrected chi connectivity index (χ3v) is 5.62. The summed E-state index contributed by atoms with van der Waals surface area (Å²) in [5, 5.41) is 11.7. The predicted octanol–water partition coefficient (Wildman–Crippen LogP) is 3.45. The molecule has 2 amide bonds. The maximum atomic E-state index is 12.7. The normalized spacial score (nSPS) is 17.2. The highest BCUT2D eigenvalue weighted by Crippen LogP contribution is 2.32. The van der Waals surface area contributed by atoms with Gasteiger partial charge in [-0.3, -0.25) is 14.5 Å². The highest BCUT2D eigenvalue weighted by Gasteiger charge is 2.32. The van der Waals surface area contributed by atoms with Crippen molar-refractivity contribution in [2.75, 3.05) is 6.54 Å². The smallest absolute Gasteiger partial charge is 0.326 e. The number of carbonyl (C=O) groups is 3. The number of benzene rings is 1. The van der Waals surface area contributed by atoms with Gasteiger partial charge in [0, 0.05) is 13.0 Å². The van der Waals surface area contributed by atoms with Crippen molar-refractivity contribution in [1.29, 1.82) is 0 Å². The Hall–Kier alpha value is -2.45. The topological polar surface area (TPSA) is 86.7 Å². The van der Waals surface area contributed by atoms with E-state index in [-0.39, 0.29) is 24.8 Å². The Morgan fingerprint density at radius 2 is 1.93 bits per heavy atom. The predicted molar refractivity (Wildman–Crippen MR) is 119 cm³/mol. The lowest BCUT2D eigenvalue weighted by atomic mass is 10.0. The molecule has 0 saturated carbocycles. The number of aliphatic carboxylic acids is 1. The Balaban J connectivity index is 1.99. The van der Waals surface area contributed by atoms with E-state index in [9.17, 15) is 14.4 Å². The number of carboxylic acids is 1. The van der Waals surface area contributed by atoms with Crippen LogP contribution in [0.2, 0.25) is 0 Å². The van der Waals surface area contributed by atoms with Crippen LogP contribution in [0.3, 0.4) is 0 Å². The minimum Gasteiger partial charge on any atom is -0.480 e.